The average Bonchev–Trinajstić information content (AvgIpc) is 2.90. The minimum atomic E-state index is -0.632. The summed E-state index contributed by atoms with van der Waals surface area (Å²) in [5.74, 6) is -0.511. The van der Waals surface area contributed by atoms with Gasteiger partial charge in [-0.3, -0.25) is 14.4 Å². The zero-order valence-corrected chi connectivity index (χ0v) is 16.6. The molecule has 0 saturated heterocycles. The monoisotopic (exact) mass is 412 g/mol. The van der Waals surface area contributed by atoms with Crippen LogP contribution in [0.5, 0.6) is 0 Å². The van der Waals surface area contributed by atoms with Crippen LogP contribution in [0.4, 0.5) is 5.69 Å². The van der Waals surface area contributed by atoms with Gasteiger partial charge in [-0.25, -0.2) is 4.79 Å². The van der Waals surface area contributed by atoms with Gasteiger partial charge in [0.15, 0.2) is 12.4 Å². The number of benzene rings is 2. The van der Waals surface area contributed by atoms with Crippen LogP contribution in [-0.2, 0) is 20.9 Å². The second kappa shape index (κ2) is 9.38. The van der Waals surface area contributed by atoms with E-state index >= 15 is 0 Å². The first kappa shape index (κ1) is 20.6. The van der Waals surface area contributed by atoms with Crippen molar-refractivity contribution < 1.29 is 23.9 Å². The molecule has 0 radical (unpaired) electrons. The van der Waals surface area contributed by atoms with Crippen molar-refractivity contribution in [2.45, 2.75) is 24.8 Å². The van der Waals surface area contributed by atoms with Crippen molar-refractivity contribution in [3.63, 3.8) is 0 Å². The Labute approximate surface area is 172 Å². The number of hydrogen-bond acceptors (Lipinski definition) is 6. The van der Waals surface area contributed by atoms with Crippen molar-refractivity contribution >= 4 is 41.0 Å². The zero-order chi connectivity index (χ0) is 20.8. The number of rotatable bonds is 6. The van der Waals surface area contributed by atoms with Crippen LogP contribution >= 0.6 is 11.8 Å². The number of thioether (sulfide) groups is 1. The lowest BCUT2D eigenvalue weighted by Gasteiger charge is -2.09. The van der Waals surface area contributed by atoms with Gasteiger partial charge in [0.25, 0.3) is 0 Å². The van der Waals surface area contributed by atoms with Crippen LogP contribution in [0.1, 0.15) is 39.6 Å². The van der Waals surface area contributed by atoms with Gasteiger partial charge in [0.2, 0.25) is 11.8 Å². The first-order chi connectivity index (χ1) is 13.9. The third-order valence-electron chi connectivity index (χ3n) is 4.23. The molecule has 1 heterocycles. The van der Waals surface area contributed by atoms with E-state index in [1.807, 2.05) is 0 Å². The van der Waals surface area contributed by atoms with Gasteiger partial charge >= 0.3 is 5.97 Å². The molecule has 2 aromatic rings. The molecule has 29 heavy (non-hydrogen) atoms. The van der Waals surface area contributed by atoms with Crippen LogP contribution in [0.2, 0.25) is 0 Å². The van der Waals surface area contributed by atoms with Gasteiger partial charge in [-0.05, 0) is 23.8 Å². The Kier molecular flexibility index (Phi) is 6.66. The lowest BCUT2D eigenvalue weighted by Crippen LogP contribution is -2.19. The van der Waals surface area contributed by atoms with Gasteiger partial charge in [0, 0.05) is 36.1 Å². The van der Waals surface area contributed by atoms with Gasteiger partial charge < -0.3 is 15.4 Å². The van der Waals surface area contributed by atoms with Crippen LogP contribution in [0.3, 0.4) is 0 Å². The third kappa shape index (κ3) is 5.68. The minimum Gasteiger partial charge on any atom is -0.454 e. The number of ketones is 1. The first-order valence-electron chi connectivity index (χ1n) is 9.03. The maximum atomic E-state index is 12.3. The fourth-order valence-electron chi connectivity index (χ4n) is 2.68. The van der Waals surface area contributed by atoms with Gasteiger partial charge in [0.05, 0.1) is 11.3 Å². The number of carbonyl (C=O) groups excluding carboxylic acids is 4. The van der Waals surface area contributed by atoms with Gasteiger partial charge in [-0.15, -0.1) is 11.8 Å². The maximum Gasteiger partial charge on any atom is 0.338 e. The van der Waals surface area contributed by atoms with E-state index in [2.05, 4.69) is 10.6 Å². The molecule has 2 aromatic carbocycles. The standard InChI is InChI=1S/C21H20N2O5S/c1-13(24)22-11-14-2-4-15(5-3-14)18(25)12-28-21(27)16-6-7-19-17(10-16)23-20(26)8-9-29-19/h2-7,10H,8-9,11-12H2,1H3,(H,22,24)(H,23,26). The van der Waals surface area contributed by atoms with Gasteiger partial charge in [-0.2, -0.15) is 0 Å². The Morgan fingerprint density at radius 3 is 2.55 bits per heavy atom. The summed E-state index contributed by atoms with van der Waals surface area (Å²) in [6.45, 7) is 1.43. The molecule has 0 bridgehead atoms. The molecular formula is C21H20N2O5S. The Bertz CT molecular complexity index is 956. The summed E-state index contributed by atoms with van der Waals surface area (Å²) in [7, 11) is 0. The van der Waals surface area contributed by atoms with E-state index in [4.69, 9.17) is 4.74 Å². The minimum absolute atomic E-state index is 0.0982. The van der Waals surface area contributed by atoms with E-state index in [1.54, 1.807) is 54.2 Å². The normalized spacial score (nSPS) is 12.9. The molecule has 0 unspecified atom stereocenters. The second-order valence-electron chi connectivity index (χ2n) is 6.46. The molecule has 150 valence electrons. The summed E-state index contributed by atoms with van der Waals surface area (Å²) >= 11 is 1.54. The number of esters is 1. The van der Waals surface area contributed by atoms with E-state index in [9.17, 15) is 19.2 Å². The average molecular weight is 412 g/mol. The molecule has 1 aliphatic rings. The van der Waals surface area contributed by atoms with Crippen LogP contribution in [0, 0.1) is 0 Å². The van der Waals surface area contributed by atoms with Gasteiger partial charge in [-0.1, -0.05) is 24.3 Å². The molecule has 0 aliphatic carbocycles. The van der Waals surface area contributed by atoms with Crippen molar-refractivity contribution in [2.75, 3.05) is 17.7 Å². The van der Waals surface area contributed by atoms with Crippen molar-refractivity contribution in [1.82, 2.24) is 5.32 Å². The Morgan fingerprint density at radius 2 is 1.83 bits per heavy atom. The van der Waals surface area contributed by atoms with E-state index in [1.165, 1.54) is 6.92 Å². The van der Waals surface area contributed by atoms with Crippen LogP contribution in [0.25, 0.3) is 0 Å². The van der Waals surface area contributed by atoms with Crippen molar-refractivity contribution in [1.29, 1.82) is 0 Å². The number of anilines is 1. The molecule has 0 spiro atoms. The predicted octanol–water partition coefficient (Wildman–Crippen LogP) is 2.80. The van der Waals surface area contributed by atoms with Crippen molar-refractivity contribution in [3.05, 3.63) is 59.2 Å². The molecular weight excluding hydrogens is 392 g/mol. The van der Waals surface area contributed by atoms with Crippen LogP contribution in [-0.4, -0.2) is 35.9 Å². The summed E-state index contributed by atoms with van der Waals surface area (Å²) < 4.78 is 5.14. The summed E-state index contributed by atoms with van der Waals surface area (Å²) in [6, 6.07) is 11.7. The maximum absolute atomic E-state index is 12.3. The van der Waals surface area contributed by atoms with Crippen molar-refractivity contribution in [2.24, 2.45) is 0 Å². The number of nitrogens with one attached hydrogen (secondary N) is 2. The van der Waals surface area contributed by atoms with E-state index in [-0.39, 0.29) is 29.8 Å². The van der Waals surface area contributed by atoms with Gasteiger partial charge in [0.1, 0.15) is 0 Å². The molecule has 2 N–H and O–H groups in total. The topological polar surface area (TPSA) is 102 Å². The quantitative estimate of drug-likeness (QED) is 0.559. The summed E-state index contributed by atoms with van der Waals surface area (Å²) in [5, 5.41) is 5.45. The summed E-state index contributed by atoms with van der Waals surface area (Å²) in [5.41, 5.74) is 2.12. The van der Waals surface area contributed by atoms with E-state index in [0.717, 1.165) is 10.5 Å². The van der Waals surface area contributed by atoms with E-state index in [0.29, 0.717) is 30.0 Å². The molecule has 8 heteroatoms. The van der Waals surface area contributed by atoms with Crippen LogP contribution in [0.15, 0.2) is 47.4 Å². The Hall–Kier alpha value is -3.13. The number of carbonyl (C=O) groups is 4. The number of fused-ring (bicyclic) bond motifs is 1. The molecule has 0 aromatic heterocycles. The smallest absolute Gasteiger partial charge is 0.338 e. The van der Waals surface area contributed by atoms with E-state index < -0.39 is 5.97 Å². The fraction of sp³-hybridized carbons (Fsp3) is 0.238. The number of ether oxygens (including phenoxy) is 1. The van der Waals surface area contributed by atoms with Crippen LogP contribution < -0.4 is 10.6 Å². The largest absolute Gasteiger partial charge is 0.454 e. The first-order valence-corrected chi connectivity index (χ1v) is 10.0. The lowest BCUT2D eigenvalue weighted by molar-refractivity contribution is -0.119. The van der Waals surface area contributed by atoms with Crippen molar-refractivity contribution in [3.8, 4) is 0 Å². The Balaban J connectivity index is 1.58. The molecule has 0 fully saturated rings. The third-order valence-corrected chi connectivity index (χ3v) is 5.30. The highest BCUT2D eigenvalue weighted by Crippen LogP contribution is 2.31. The number of Topliss-reactive ketones (excluding diaryl/α,β-unsaturated/α-hetero) is 1. The summed E-state index contributed by atoms with van der Waals surface area (Å²) in [6.07, 6.45) is 0.414. The molecule has 2 amide bonds. The second-order valence-corrected chi connectivity index (χ2v) is 7.60. The molecule has 0 saturated carbocycles. The molecule has 0 atom stereocenters. The number of amides is 2. The predicted molar refractivity (Wildman–Crippen MR) is 109 cm³/mol. The fourth-order valence-corrected chi connectivity index (χ4v) is 3.62. The highest BCUT2D eigenvalue weighted by molar-refractivity contribution is 7.99. The number of hydrogen-bond donors (Lipinski definition) is 2. The molecule has 1 aliphatic heterocycles. The molecule has 3 rings (SSSR count). The zero-order valence-electron chi connectivity index (χ0n) is 15.8. The Morgan fingerprint density at radius 1 is 1.10 bits per heavy atom. The summed E-state index contributed by atoms with van der Waals surface area (Å²) in [4.78, 5) is 48.1. The molecule has 7 nitrogen and oxygen atoms in total. The highest BCUT2D eigenvalue weighted by atomic mass is 32.2. The lowest BCUT2D eigenvalue weighted by atomic mass is 10.1. The SMILES string of the molecule is CC(=O)NCc1ccc(C(=O)COC(=O)c2ccc3c(c2)NC(=O)CCS3)cc1. The highest BCUT2D eigenvalue weighted by Gasteiger charge is 2.17.